The summed E-state index contributed by atoms with van der Waals surface area (Å²) in [5.74, 6) is 1.12. The molecule has 1 atom stereocenters. The molecule has 0 fully saturated rings. The van der Waals surface area contributed by atoms with Crippen molar-refractivity contribution >= 4 is 32.4 Å². The Hall–Kier alpha value is -1.13. The molecule has 2 rings (SSSR count). The molecule has 2 N–H and O–H groups in total. The summed E-state index contributed by atoms with van der Waals surface area (Å²) in [6.45, 7) is 2.04. The molecule has 2 nitrogen and oxygen atoms in total. The third kappa shape index (κ3) is 4.18. The van der Waals surface area contributed by atoms with Gasteiger partial charge in [0.25, 0.3) is 0 Å². The fourth-order valence-electron chi connectivity index (χ4n) is 1.89. The van der Waals surface area contributed by atoms with E-state index >= 15 is 0 Å². The van der Waals surface area contributed by atoms with Gasteiger partial charge in [-0.15, -0.1) is 0 Å². The molecular weight excluding hydrogens is 322 g/mol. The summed E-state index contributed by atoms with van der Waals surface area (Å²) in [6, 6.07) is 13.7. The van der Waals surface area contributed by atoms with Gasteiger partial charge < -0.3 is 5.73 Å². The maximum atomic E-state index is 12.2. The van der Waals surface area contributed by atoms with Crippen LogP contribution in [0.25, 0.3) is 0 Å². The molecule has 0 heterocycles. The first-order chi connectivity index (χ1) is 9.04. The van der Waals surface area contributed by atoms with E-state index in [9.17, 15) is 4.21 Å². The topological polar surface area (TPSA) is 43.1 Å². The van der Waals surface area contributed by atoms with E-state index in [-0.39, 0.29) is 0 Å². The van der Waals surface area contributed by atoms with E-state index in [2.05, 4.69) is 22.0 Å². The van der Waals surface area contributed by atoms with Crippen LogP contribution in [0, 0.1) is 6.92 Å². The monoisotopic (exact) mass is 337 g/mol. The van der Waals surface area contributed by atoms with Crippen molar-refractivity contribution in [3.8, 4) is 0 Å². The summed E-state index contributed by atoms with van der Waals surface area (Å²) in [7, 11) is -0.918. The van der Waals surface area contributed by atoms with Crippen molar-refractivity contribution in [1.29, 1.82) is 0 Å². The van der Waals surface area contributed by atoms with Gasteiger partial charge >= 0.3 is 0 Å². The molecule has 0 bridgehead atoms. The van der Waals surface area contributed by atoms with Gasteiger partial charge in [-0.05, 0) is 30.2 Å². The molecule has 100 valence electrons. The molecule has 0 saturated carbocycles. The first kappa shape index (κ1) is 14.3. The fraction of sp³-hybridized carbons (Fsp3) is 0.200. The lowest BCUT2D eigenvalue weighted by atomic mass is 10.2. The molecule has 2 aromatic rings. The number of hydrogen-bond acceptors (Lipinski definition) is 2. The summed E-state index contributed by atoms with van der Waals surface area (Å²) < 4.78 is 13.1. The van der Waals surface area contributed by atoms with Crippen molar-refractivity contribution < 1.29 is 4.21 Å². The number of halogens is 1. The Morgan fingerprint density at radius 1 is 1.16 bits per heavy atom. The van der Waals surface area contributed by atoms with Crippen LogP contribution in [0.1, 0.15) is 16.7 Å². The van der Waals surface area contributed by atoms with E-state index in [1.807, 2.05) is 43.3 Å². The molecule has 19 heavy (non-hydrogen) atoms. The standard InChI is InChI=1S/C15H16BrNOS/c1-11-3-2-4-12(7-11)9-19(18)10-13-5-6-14(17)8-15(13)16/h2-8H,9-10,17H2,1H3. The number of hydrogen-bond donors (Lipinski definition) is 1. The summed E-state index contributed by atoms with van der Waals surface area (Å²) >= 11 is 3.46. The second-order valence-corrected chi connectivity index (χ2v) is 6.88. The predicted octanol–water partition coefficient (Wildman–Crippen LogP) is 3.79. The highest BCUT2D eigenvalue weighted by atomic mass is 79.9. The number of rotatable bonds is 4. The Kier molecular flexibility index (Phi) is 4.77. The Morgan fingerprint density at radius 3 is 2.63 bits per heavy atom. The average Bonchev–Trinajstić information content (AvgIpc) is 2.33. The van der Waals surface area contributed by atoms with Crippen molar-refractivity contribution in [2.75, 3.05) is 5.73 Å². The second-order valence-electron chi connectivity index (χ2n) is 4.57. The van der Waals surface area contributed by atoms with E-state index in [4.69, 9.17) is 5.73 Å². The molecule has 0 spiro atoms. The van der Waals surface area contributed by atoms with E-state index in [0.29, 0.717) is 17.2 Å². The van der Waals surface area contributed by atoms with E-state index in [1.54, 1.807) is 0 Å². The van der Waals surface area contributed by atoms with Crippen molar-refractivity contribution in [2.24, 2.45) is 0 Å². The van der Waals surface area contributed by atoms with E-state index in [1.165, 1.54) is 5.56 Å². The number of nitrogens with two attached hydrogens (primary N) is 1. The number of nitrogen functional groups attached to an aromatic ring is 1. The summed E-state index contributed by atoms with van der Waals surface area (Å²) in [6.07, 6.45) is 0. The molecule has 0 saturated heterocycles. The van der Waals surface area contributed by atoms with Crippen LogP contribution in [-0.2, 0) is 22.3 Å². The minimum Gasteiger partial charge on any atom is -0.399 e. The maximum Gasteiger partial charge on any atom is 0.0500 e. The van der Waals surface area contributed by atoms with Crippen molar-refractivity contribution in [3.05, 3.63) is 63.6 Å². The first-order valence-corrected chi connectivity index (χ1v) is 8.27. The molecular formula is C15H16BrNOS. The molecule has 1 unspecified atom stereocenters. The molecule has 0 aliphatic rings. The van der Waals surface area contributed by atoms with E-state index in [0.717, 1.165) is 15.6 Å². The molecule has 0 radical (unpaired) electrons. The van der Waals surface area contributed by atoms with Crippen LogP contribution in [0.2, 0.25) is 0 Å². The van der Waals surface area contributed by atoms with Gasteiger partial charge in [0, 0.05) is 32.5 Å². The van der Waals surface area contributed by atoms with Crippen molar-refractivity contribution in [3.63, 3.8) is 0 Å². The third-order valence-corrected chi connectivity index (χ3v) is 4.83. The normalized spacial score (nSPS) is 12.3. The van der Waals surface area contributed by atoms with Gasteiger partial charge in [-0.25, -0.2) is 0 Å². The number of aryl methyl sites for hydroxylation is 1. The third-order valence-electron chi connectivity index (χ3n) is 2.80. The van der Waals surface area contributed by atoms with Gasteiger partial charge in [-0.2, -0.15) is 0 Å². The quantitative estimate of drug-likeness (QED) is 0.862. The van der Waals surface area contributed by atoms with E-state index < -0.39 is 10.8 Å². The zero-order valence-electron chi connectivity index (χ0n) is 10.7. The molecule has 2 aromatic carbocycles. The lowest BCUT2D eigenvalue weighted by molar-refractivity contribution is 0.682. The van der Waals surface area contributed by atoms with Gasteiger partial charge in [-0.1, -0.05) is 51.8 Å². The second kappa shape index (κ2) is 6.35. The summed E-state index contributed by atoms with van der Waals surface area (Å²) in [5, 5.41) is 0. The van der Waals surface area contributed by atoms with Gasteiger partial charge in [0.1, 0.15) is 0 Å². The van der Waals surface area contributed by atoms with Crippen LogP contribution in [0.3, 0.4) is 0 Å². The minimum absolute atomic E-state index is 0.537. The van der Waals surface area contributed by atoms with Crippen LogP contribution in [0.15, 0.2) is 46.9 Å². The Bertz CT molecular complexity index is 613. The summed E-state index contributed by atoms with van der Waals surface area (Å²) in [5.41, 5.74) is 9.74. The average molecular weight is 338 g/mol. The SMILES string of the molecule is Cc1cccc(CS(=O)Cc2ccc(N)cc2Br)c1. The number of benzene rings is 2. The highest BCUT2D eigenvalue weighted by molar-refractivity contribution is 9.10. The van der Waals surface area contributed by atoms with Crippen LogP contribution in [0.4, 0.5) is 5.69 Å². The Labute approximate surface area is 124 Å². The highest BCUT2D eigenvalue weighted by Crippen LogP contribution is 2.22. The molecule has 0 aliphatic carbocycles. The van der Waals surface area contributed by atoms with Crippen LogP contribution >= 0.6 is 15.9 Å². The zero-order valence-corrected chi connectivity index (χ0v) is 13.1. The Balaban J connectivity index is 2.05. The van der Waals surface area contributed by atoms with Crippen molar-refractivity contribution in [1.82, 2.24) is 0 Å². The largest absolute Gasteiger partial charge is 0.399 e. The molecule has 4 heteroatoms. The van der Waals surface area contributed by atoms with Gasteiger partial charge in [0.15, 0.2) is 0 Å². The van der Waals surface area contributed by atoms with Crippen molar-refractivity contribution in [2.45, 2.75) is 18.4 Å². The smallest absolute Gasteiger partial charge is 0.0500 e. The van der Waals surface area contributed by atoms with Crippen LogP contribution < -0.4 is 5.73 Å². The number of anilines is 1. The highest BCUT2D eigenvalue weighted by Gasteiger charge is 2.07. The predicted molar refractivity (Wildman–Crippen MR) is 85.3 cm³/mol. The van der Waals surface area contributed by atoms with Crippen LogP contribution in [0.5, 0.6) is 0 Å². The fourth-order valence-corrected chi connectivity index (χ4v) is 3.87. The maximum absolute atomic E-state index is 12.2. The van der Waals surface area contributed by atoms with Gasteiger partial charge in [0.2, 0.25) is 0 Å². The lowest BCUT2D eigenvalue weighted by Gasteiger charge is -2.06. The molecule has 0 aliphatic heterocycles. The minimum atomic E-state index is -0.918. The van der Waals surface area contributed by atoms with Gasteiger partial charge in [-0.3, -0.25) is 4.21 Å². The van der Waals surface area contributed by atoms with Gasteiger partial charge in [0.05, 0.1) is 0 Å². The zero-order chi connectivity index (χ0) is 13.8. The summed E-state index contributed by atoms with van der Waals surface area (Å²) in [4.78, 5) is 0. The molecule has 0 amide bonds. The first-order valence-electron chi connectivity index (χ1n) is 5.99. The lowest BCUT2D eigenvalue weighted by Crippen LogP contribution is -2.01. The Morgan fingerprint density at radius 2 is 1.95 bits per heavy atom. The molecule has 0 aromatic heterocycles. The van der Waals surface area contributed by atoms with Crippen LogP contribution in [-0.4, -0.2) is 4.21 Å².